The lowest BCUT2D eigenvalue weighted by Gasteiger charge is -2.12. The van der Waals surface area contributed by atoms with Crippen LogP contribution in [0.3, 0.4) is 0 Å². The number of rotatable bonds is 5. The van der Waals surface area contributed by atoms with Crippen LogP contribution < -0.4 is 10.1 Å². The zero-order valence-corrected chi connectivity index (χ0v) is 12.1. The highest BCUT2D eigenvalue weighted by molar-refractivity contribution is 5.89. The third kappa shape index (κ3) is 4.46. The molecular formula is C15H19NO5. The molecule has 1 N–H and O–H groups in total. The third-order valence-electron chi connectivity index (χ3n) is 3.24. The van der Waals surface area contributed by atoms with E-state index in [4.69, 9.17) is 9.47 Å². The third-order valence-corrected chi connectivity index (χ3v) is 3.24. The van der Waals surface area contributed by atoms with Gasteiger partial charge in [0.1, 0.15) is 18.5 Å². The number of carbonyl (C=O) groups excluding carboxylic acids is 2. The first kappa shape index (κ1) is 15.3. The highest BCUT2D eigenvalue weighted by Crippen LogP contribution is 2.16. The smallest absolute Gasteiger partial charge is 0.337 e. The summed E-state index contributed by atoms with van der Waals surface area (Å²) in [5, 5.41) is 3.24. The molecule has 21 heavy (non-hydrogen) atoms. The Kier molecular flexibility index (Phi) is 5.16. The van der Waals surface area contributed by atoms with Gasteiger partial charge in [0.05, 0.1) is 12.7 Å². The van der Waals surface area contributed by atoms with E-state index >= 15 is 0 Å². The number of hydrogen-bond acceptors (Lipinski definition) is 6. The van der Waals surface area contributed by atoms with Crippen molar-refractivity contribution in [2.24, 2.45) is 0 Å². The number of benzene rings is 1. The van der Waals surface area contributed by atoms with Crippen molar-refractivity contribution in [2.75, 3.05) is 20.3 Å². The maximum atomic E-state index is 11.3. The Hall–Kier alpha value is -2.08. The van der Waals surface area contributed by atoms with Crippen molar-refractivity contribution in [2.45, 2.75) is 25.5 Å². The Morgan fingerprint density at radius 1 is 1.29 bits per heavy atom. The summed E-state index contributed by atoms with van der Waals surface area (Å²) in [6.07, 6.45) is 0.651. The molecule has 1 aliphatic heterocycles. The van der Waals surface area contributed by atoms with Crippen molar-refractivity contribution in [3.8, 4) is 5.75 Å². The van der Waals surface area contributed by atoms with E-state index in [0.29, 0.717) is 24.5 Å². The molecule has 6 nitrogen and oxygen atoms in total. The first-order chi connectivity index (χ1) is 10.1. The van der Waals surface area contributed by atoms with Gasteiger partial charge in [0, 0.05) is 25.9 Å². The van der Waals surface area contributed by atoms with Gasteiger partial charge in [0.25, 0.3) is 0 Å². The largest absolute Gasteiger partial charge is 0.492 e. The van der Waals surface area contributed by atoms with Crippen molar-refractivity contribution in [1.29, 1.82) is 0 Å². The van der Waals surface area contributed by atoms with Crippen LogP contribution in [0.2, 0.25) is 0 Å². The van der Waals surface area contributed by atoms with Gasteiger partial charge in [-0.2, -0.15) is 0 Å². The fourth-order valence-corrected chi connectivity index (χ4v) is 2.24. The fraction of sp³-hybridized carbons (Fsp3) is 0.467. The van der Waals surface area contributed by atoms with E-state index in [2.05, 4.69) is 10.1 Å². The number of nitrogens with one attached hydrogen (secondary N) is 1. The predicted octanol–water partition coefficient (Wildman–Crippen LogP) is 1.15. The van der Waals surface area contributed by atoms with Gasteiger partial charge in [-0.25, -0.2) is 4.79 Å². The molecule has 2 rings (SSSR count). The topological polar surface area (TPSA) is 73.9 Å². The molecular weight excluding hydrogens is 274 g/mol. The molecule has 1 aliphatic rings. The minimum atomic E-state index is -0.372. The lowest BCUT2D eigenvalue weighted by molar-refractivity contribution is -0.145. The Morgan fingerprint density at radius 3 is 2.62 bits per heavy atom. The van der Waals surface area contributed by atoms with E-state index in [0.717, 1.165) is 6.42 Å². The van der Waals surface area contributed by atoms with Crippen molar-refractivity contribution >= 4 is 11.9 Å². The molecule has 0 unspecified atom stereocenters. The van der Waals surface area contributed by atoms with Crippen LogP contribution in [-0.2, 0) is 14.3 Å². The number of carbonyl (C=O) groups is 2. The van der Waals surface area contributed by atoms with Crippen molar-refractivity contribution in [3.63, 3.8) is 0 Å². The molecule has 114 valence electrons. The van der Waals surface area contributed by atoms with Gasteiger partial charge in [-0.15, -0.1) is 0 Å². The highest BCUT2D eigenvalue weighted by atomic mass is 16.5. The molecule has 0 bridgehead atoms. The molecule has 1 heterocycles. The molecule has 1 saturated heterocycles. The Labute approximate surface area is 123 Å². The zero-order chi connectivity index (χ0) is 15.2. The van der Waals surface area contributed by atoms with Crippen LogP contribution in [0.15, 0.2) is 24.3 Å². The lowest BCUT2D eigenvalue weighted by atomic mass is 10.2. The van der Waals surface area contributed by atoms with Crippen LogP contribution in [0, 0.1) is 0 Å². The molecule has 1 aromatic carbocycles. The van der Waals surface area contributed by atoms with Gasteiger partial charge < -0.3 is 19.5 Å². The summed E-state index contributed by atoms with van der Waals surface area (Å²) in [7, 11) is 1.35. The summed E-state index contributed by atoms with van der Waals surface area (Å²) >= 11 is 0. The average Bonchev–Trinajstić information content (AvgIpc) is 2.91. The molecule has 0 amide bonds. The van der Waals surface area contributed by atoms with Gasteiger partial charge in [-0.05, 0) is 24.3 Å². The second-order valence-electron chi connectivity index (χ2n) is 4.90. The second-order valence-corrected chi connectivity index (χ2v) is 4.90. The summed E-state index contributed by atoms with van der Waals surface area (Å²) in [6, 6.07) is 6.92. The molecule has 6 heteroatoms. The second kappa shape index (κ2) is 7.08. The van der Waals surface area contributed by atoms with Gasteiger partial charge in [0.2, 0.25) is 0 Å². The predicted molar refractivity (Wildman–Crippen MR) is 75.2 cm³/mol. The first-order valence-corrected chi connectivity index (χ1v) is 6.80. The molecule has 0 spiro atoms. The average molecular weight is 293 g/mol. The van der Waals surface area contributed by atoms with Gasteiger partial charge in [-0.3, -0.25) is 4.79 Å². The number of hydrogen-bond donors (Lipinski definition) is 1. The summed E-state index contributed by atoms with van der Waals surface area (Å²) in [6.45, 7) is 2.54. The number of methoxy groups -OCH3 is 1. The normalized spacial score (nSPS) is 20.9. The molecule has 0 saturated carbocycles. The van der Waals surface area contributed by atoms with Gasteiger partial charge >= 0.3 is 11.9 Å². The Morgan fingerprint density at radius 2 is 2.00 bits per heavy atom. The van der Waals surface area contributed by atoms with Gasteiger partial charge in [-0.1, -0.05) is 0 Å². The summed E-state index contributed by atoms with van der Waals surface area (Å²) in [4.78, 5) is 22.2. The lowest BCUT2D eigenvalue weighted by Crippen LogP contribution is -2.28. The standard InChI is InChI=1S/C15H19NO5/c1-10(17)21-14-7-12(16-8-14)9-20-13-5-3-11(4-6-13)15(18)19-2/h3-6,12,14,16H,7-9H2,1-2H3/t12-,14+/m0/s1. The number of ether oxygens (including phenoxy) is 3. The van der Waals surface area contributed by atoms with E-state index in [-0.39, 0.29) is 24.1 Å². The molecule has 1 aromatic rings. The van der Waals surface area contributed by atoms with E-state index in [1.165, 1.54) is 14.0 Å². The van der Waals surface area contributed by atoms with Crippen molar-refractivity contribution < 1.29 is 23.8 Å². The van der Waals surface area contributed by atoms with Crippen LogP contribution in [0.4, 0.5) is 0 Å². The van der Waals surface area contributed by atoms with Crippen LogP contribution in [0.5, 0.6) is 5.75 Å². The van der Waals surface area contributed by atoms with E-state index in [1.54, 1.807) is 24.3 Å². The zero-order valence-electron chi connectivity index (χ0n) is 12.1. The Bertz CT molecular complexity index is 499. The Balaban J connectivity index is 1.78. The van der Waals surface area contributed by atoms with Crippen molar-refractivity contribution in [1.82, 2.24) is 5.32 Å². The van der Waals surface area contributed by atoms with Gasteiger partial charge in [0.15, 0.2) is 0 Å². The SMILES string of the molecule is COC(=O)c1ccc(OC[C@@H]2C[C@@H](OC(C)=O)CN2)cc1. The summed E-state index contributed by atoms with van der Waals surface area (Å²) < 4.78 is 15.4. The highest BCUT2D eigenvalue weighted by Gasteiger charge is 2.26. The summed E-state index contributed by atoms with van der Waals surface area (Å²) in [5.41, 5.74) is 0.485. The molecule has 1 fully saturated rings. The molecule has 0 radical (unpaired) electrons. The van der Waals surface area contributed by atoms with Crippen LogP contribution >= 0.6 is 0 Å². The fourth-order valence-electron chi connectivity index (χ4n) is 2.24. The maximum Gasteiger partial charge on any atom is 0.337 e. The van der Waals surface area contributed by atoms with Crippen LogP contribution in [0.1, 0.15) is 23.7 Å². The van der Waals surface area contributed by atoms with E-state index < -0.39 is 0 Å². The van der Waals surface area contributed by atoms with E-state index in [9.17, 15) is 9.59 Å². The molecule has 2 atom stereocenters. The van der Waals surface area contributed by atoms with Crippen LogP contribution in [0.25, 0.3) is 0 Å². The quantitative estimate of drug-likeness (QED) is 0.821. The summed E-state index contributed by atoms with van der Waals surface area (Å²) in [5.74, 6) is 0.0467. The van der Waals surface area contributed by atoms with Crippen LogP contribution in [-0.4, -0.2) is 44.3 Å². The maximum absolute atomic E-state index is 11.3. The molecule has 0 aromatic heterocycles. The minimum absolute atomic E-state index is 0.0854. The minimum Gasteiger partial charge on any atom is -0.492 e. The van der Waals surface area contributed by atoms with Crippen molar-refractivity contribution in [3.05, 3.63) is 29.8 Å². The number of esters is 2. The molecule has 0 aliphatic carbocycles. The monoisotopic (exact) mass is 293 g/mol. The first-order valence-electron chi connectivity index (χ1n) is 6.80. The van der Waals surface area contributed by atoms with E-state index in [1.807, 2.05) is 0 Å².